The van der Waals surface area contributed by atoms with Crippen LogP contribution >= 0.6 is 0 Å². The zero-order valence-electron chi connectivity index (χ0n) is 15.7. The molecule has 0 spiro atoms. The lowest BCUT2D eigenvalue weighted by molar-refractivity contribution is 0.0601. The summed E-state index contributed by atoms with van der Waals surface area (Å²) >= 11 is 0. The number of anilines is 3. The Kier molecular flexibility index (Phi) is 6.35. The van der Waals surface area contributed by atoms with Crippen LogP contribution < -0.4 is 15.4 Å². The highest BCUT2D eigenvalue weighted by molar-refractivity contribution is 5.89. The maximum absolute atomic E-state index is 11.5. The van der Waals surface area contributed by atoms with Gasteiger partial charge in [-0.05, 0) is 42.3 Å². The molecule has 0 atom stereocenters. The Labute approximate surface area is 162 Å². The first-order valence-electron chi connectivity index (χ1n) is 8.70. The molecule has 0 bridgehead atoms. The van der Waals surface area contributed by atoms with Gasteiger partial charge in [-0.3, -0.25) is 0 Å². The Morgan fingerprint density at radius 3 is 2.61 bits per heavy atom. The van der Waals surface area contributed by atoms with Crippen molar-refractivity contribution in [2.75, 3.05) is 31.4 Å². The highest BCUT2D eigenvalue weighted by Gasteiger charge is 2.06. The van der Waals surface area contributed by atoms with Crippen LogP contribution in [0.25, 0.3) is 0 Å². The van der Waals surface area contributed by atoms with E-state index in [-0.39, 0.29) is 5.97 Å². The predicted molar refractivity (Wildman–Crippen MR) is 106 cm³/mol. The second-order valence-corrected chi connectivity index (χ2v) is 5.85. The third-order valence-corrected chi connectivity index (χ3v) is 4.01. The minimum absolute atomic E-state index is 0.378. The molecule has 0 saturated heterocycles. The molecule has 0 fully saturated rings. The molecule has 0 amide bonds. The number of hydrogen-bond acceptors (Lipinski definition) is 8. The third kappa shape index (κ3) is 4.94. The number of ether oxygens (including phenoxy) is 2. The van der Waals surface area contributed by atoms with Crippen LogP contribution in [0.5, 0.6) is 5.75 Å². The maximum Gasteiger partial charge on any atom is 0.337 e. The van der Waals surface area contributed by atoms with E-state index in [0.717, 1.165) is 23.4 Å². The first kappa shape index (κ1) is 19.1. The van der Waals surface area contributed by atoms with Crippen LogP contribution in [0.2, 0.25) is 0 Å². The van der Waals surface area contributed by atoms with Gasteiger partial charge in [0.25, 0.3) is 0 Å². The summed E-state index contributed by atoms with van der Waals surface area (Å²) in [4.78, 5) is 15.9. The zero-order chi connectivity index (χ0) is 19.8. The van der Waals surface area contributed by atoms with Crippen LogP contribution in [0.15, 0.2) is 54.7 Å². The lowest BCUT2D eigenvalue weighted by Gasteiger charge is -2.10. The van der Waals surface area contributed by atoms with E-state index < -0.39 is 0 Å². The van der Waals surface area contributed by atoms with Crippen LogP contribution in [-0.4, -0.2) is 41.9 Å². The number of rotatable bonds is 8. The average molecular weight is 379 g/mol. The Morgan fingerprint density at radius 1 is 1.07 bits per heavy atom. The minimum Gasteiger partial charge on any atom is -0.496 e. The van der Waals surface area contributed by atoms with Crippen molar-refractivity contribution >= 4 is 23.4 Å². The SMILES string of the molecule is COC(=O)c1ccc(Nc2cnnc(NCCc3ccccc3OC)n2)cc1. The highest BCUT2D eigenvalue weighted by Crippen LogP contribution is 2.18. The molecule has 1 aromatic heterocycles. The average Bonchev–Trinajstić information content (AvgIpc) is 2.74. The molecule has 2 aromatic carbocycles. The number of methoxy groups -OCH3 is 2. The second-order valence-electron chi connectivity index (χ2n) is 5.85. The molecule has 144 valence electrons. The van der Waals surface area contributed by atoms with Crippen molar-refractivity contribution in [1.29, 1.82) is 0 Å². The number of carbonyl (C=O) groups excluding carboxylic acids is 1. The van der Waals surface area contributed by atoms with E-state index in [1.165, 1.54) is 13.3 Å². The fraction of sp³-hybridized carbons (Fsp3) is 0.200. The van der Waals surface area contributed by atoms with E-state index >= 15 is 0 Å². The smallest absolute Gasteiger partial charge is 0.337 e. The van der Waals surface area contributed by atoms with Gasteiger partial charge >= 0.3 is 5.97 Å². The number of carbonyl (C=O) groups is 1. The molecule has 28 heavy (non-hydrogen) atoms. The van der Waals surface area contributed by atoms with Gasteiger partial charge in [0.2, 0.25) is 5.95 Å². The van der Waals surface area contributed by atoms with Gasteiger partial charge in [0.1, 0.15) is 5.75 Å². The first-order chi connectivity index (χ1) is 13.7. The van der Waals surface area contributed by atoms with E-state index in [2.05, 4.69) is 30.6 Å². The van der Waals surface area contributed by atoms with Crippen molar-refractivity contribution in [3.05, 3.63) is 65.9 Å². The van der Waals surface area contributed by atoms with Crippen molar-refractivity contribution < 1.29 is 14.3 Å². The molecule has 3 aromatic rings. The molecular formula is C20H21N5O3. The molecule has 2 N–H and O–H groups in total. The van der Waals surface area contributed by atoms with Crippen LogP contribution in [-0.2, 0) is 11.2 Å². The number of para-hydroxylation sites is 1. The summed E-state index contributed by atoms with van der Waals surface area (Å²) in [5, 5.41) is 14.3. The molecule has 8 heteroatoms. The number of nitrogens with one attached hydrogen (secondary N) is 2. The standard InChI is InChI=1S/C20H21N5O3/c1-27-17-6-4-3-5-14(17)11-12-21-20-24-18(13-22-25-20)23-16-9-7-15(8-10-16)19(26)28-2/h3-10,13H,11-12H2,1-2H3,(H2,21,23,24,25). The van der Waals surface area contributed by atoms with Crippen LogP contribution in [0.4, 0.5) is 17.5 Å². The van der Waals surface area contributed by atoms with Crippen molar-refractivity contribution in [2.24, 2.45) is 0 Å². The van der Waals surface area contributed by atoms with Crippen molar-refractivity contribution in [1.82, 2.24) is 15.2 Å². The molecule has 0 aliphatic carbocycles. The summed E-state index contributed by atoms with van der Waals surface area (Å²) in [5.41, 5.74) is 2.35. The molecule has 0 unspecified atom stereocenters. The number of esters is 1. The molecule has 0 radical (unpaired) electrons. The van der Waals surface area contributed by atoms with E-state index in [9.17, 15) is 4.79 Å². The Balaban J connectivity index is 1.58. The van der Waals surface area contributed by atoms with Gasteiger partial charge in [0, 0.05) is 12.2 Å². The van der Waals surface area contributed by atoms with Gasteiger partial charge in [-0.15, -0.1) is 5.10 Å². The first-order valence-corrected chi connectivity index (χ1v) is 8.70. The van der Waals surface area contributed by atoms with Crippen molar-refractivity contribution in [2.45, 2.75) is 6.42 Å². The lowest BCUT2D eigenvalue weighted by Crippen LogP contribution is -2.10. The van der Waals surface area contributed by atoms with Gasteiger partial charge in [-0.2, -0.15) is 10.1 Å². The van der Waals surface area contributed by atoms with Crippen LogP contribution in [0.3, 0.4) is 0 Å². The summed E-state index contributed by atoms with van der Waals surface area (Å²) in [5.74, 6) is 1.44. The van der Waals surface area contributed by atoms with Gasteiger partial charge in [-0.1, -0.05) is 18.2 Å². The second kappa shape index (κ2) is 9.31. The summed E-state index contributed by atoms with van der Waals surface area (Å²) in [6.45, 7) is 0.638. The molecule has 0 aliphatic heterocycles. The molecule has 3 rings (SSSR count). The Hall–Kier alpha value is -3.68. The zero-order valence-corrected chi connectivity index (χ0v) is 15.7. The quantitative estimate of drug-likeness (QED) is 0.576. The van der Waals surface area contributed by atoms with Crippen molar-refractivity contribution in [3.63, 3.8) is 0 Å². The van der Waals surface area contributed by atoms with E-state index in [1.54, 1.807) is 31.4 Å². The molecule has 8 nitrogen and oxygen atoms in total. The summed E-state index contributed by atoms with van der Waals surface area (Å²) < 4.78 is 10.0. The van der Waals surface area contributed by atoms with Crippen molar-refractivity contribution in [3.8, 4) is 5.75 Å². The minimum atomic E-state index is -0.378. The third-order valence-electron chi connectivity index (χ3n) is 4.01. The molecular weight excluding hydrogens is 358 g/mol. The Morgan fingerprint density at radius 2 is 1.86 bits per heavy atom. The van der Waals surface area contributed by atoms with E-state index in [4.69, 9.17) is 4.74 Å². The number of nitrogens with zero attached hydrogens (tertiary/aromatic N) is 3. The van der Waals surface area contributed by atoms with Gasteiger partial charge < -0.3 is 20.1 Å². The summed E-state index contributed by atoms with van der Waals surface area (Å²) in [7, 11) is 3.01. The topological polar surface area (TPSA) is 98.3 Å². The monoisotopic (exact) mass is 379 g/mol. The van der Waals surface area contributed by atoms with Gasteiger partial charge in [-0.25, -0.2) is 4.79 Å². The molecule has 0 saturated carbocycles. The number of aromatic nitrogens is 3. The van der Waals surface area contributed by atoms with Gasteiger partial charge in [0.05, 0.1) is 26.0 Å². The molecule has 1 heterocycles. The van der Waals surface area contributed by atoms with Crippen LogP contribution in [0.1, 0.15) is 15.9 Å². The number of benzene rings is 2. The fourth-order valence-electron chi connectivity index (χ4n) is 2.61. The summed E-state index contributed by atoms with van der Waals surface area (Å²) in [6, 6.07) is 14.8. The Bertz CT molecular complexity index is 931. The van der Waals surface area contributed by atoms with Gasteiger partial charge in [0.15, 0.2) is 5.82 Å². The lowest BCUT2D eigenvalue weighted by atomic mass is 10.1. The number of hydrogen-bond donors (Lipinski definition) is 2. The molecule has 0 aliphatic rings. The summed E-state index contributed by atoms with van der Waals surface area (Å²) in [6.07, 6.45) is 2.29. The fourth-order valence-corrected chi connectivity index (χ4v) is 2.61. The highest BCUT2D eigenvalue weighted by atomic mass is 16.5. The van der Waals surface area contributed by atoms with Crippen LogP contribution in [0, 0.1) is 0 Å². The maximum atomic E-state index is 11.5. The largest absolute Gasteiger partial charge is 0.496 e. The van der Waals surface area contributed by atoms with E-state index in [0.29, 0.717) is 23.9 Å². The normalized spacial score (nSPS) is 10.2. The predicted octanol–water partition coefficient (Wildman–Crippen LogP) is 3.07. The van der Waals surface area contributed by atoms with E-state index in [1.807, 2.05) is 24.3 Å².